The Labute approximate surface area is 203 Å². The van der Waals surface area contributed by atoms with Gasteiger partial charge in [-0.25, -0.2) is 0 Å². The maximum Gasteiger partial charge on any atom is 0.299 e. The Hall–Kier alpha value is -3.06. The number of amides is 1. The topological polar surface area (TPSA) is 79.2 Å². The van der Waals surface area contributed by atoms with E-state index in [-0.39, 0.29) is 17.3 Å². The molecule has 1 saturated heterocycles. The Kier molecular flexibility index (Phi) is 6.46. The van der Waals surface area contributed by atoms with Crippen molar-refractivity contribution in [2.24, 2.45) is 10.9 Å². The molecule has 7 heteroatoms. The van der Waals surface area contributed by atoms with Crippen LogP contribution in [0, 0.1) is 5.92 Å². The molecule has 1 saturated carbocycles. The van der Waals surface area contributed by atoms with Crippen molar-refractivity contribution >= 4 is 39.9 Å². The molecular formula is C27H28N2O4S. The summed E-state index contributed by atoms with van der Waals surface area (Å²) in [6.45, 7) is 0.823. The summed E-state index contributed by atoms with van der Waals surface area (Å²) >= 11 is 1.73. The van der Waals surface area contributed by atoms with Crippen LogP contribution in [0.4, 0.5) is 5.69 Å². The third kappa shape index (κ3) is 4.13. The van der Waals surface area contributed by atoms with Gasteiger partial charge in [-0.2, -0.15) is 0 Å². The second-order valence-electron chi connectivity index (χ2n) is 8.92. The number of benzene rings is 2. The Morgan fingerprint density at radius 3 is 2.35 bits per heavy atom. The summed E-state index contributed by atoms with van der Waals surface area (Å²) in [5.74, 6) is 0.445. The van der Waals surface area contributed by atoms with E-state index in [4.69, 9.17) is 4.74 Å². The van der Waals surface area contributed by atoms with Crippen LogP contribution in [-0.4, -0.2) is 47.3 Å². The summed E-state index contributed by atoms with van der Waals surface area (Å²) in [5, 5.41) is 12.3. The van der Waals surface area contributed by atoms with Crippen molar-refractivity contribution in [1.29, 1.82) is 0 Å². The first-order valence-corrected chi connectivity index (χ1v) is 12.8. The number of hydrogen-bond acceptors (Lipinski definition) is 6. The van der Waals surface area contributed by atoms with E-state index in [1.165, 1.54) is 0 Å². The van der Waals surface area contributed by atoms with Crippen LogP contribution in [0.1, 0.15) is 43.2 Å². The lowest BCUT2D eigenvalue weighted by Crippen LogP contribution is -2.40. The Bertz CT molecular complexity index is 1150. The first-order valence-electron chi connectivity index (χ1n) is 11.8. The second-order valence-corrected chi connectivity index (χ2v) is 10.0. The average molecular weight is 477 g/mol. The van der Waals surface area contributed by atoms with Crippen LogP contribution in [0.3, 0.4) is 0 Å². The van der Waals surface area contributed by atoms with E-state index in [9.17, 15) is 14.7 Å². The van der Waals surface area contributed by atoms with E-state index in [1.807, 2.05) is 24.3 Å². The lowest BCUT2D eigenvalue weighted by atomic mass is 9.80. The molecule has 1 amide bonds. The SMILES string of the molecule is COc1ccc(/C(O)=C2/C(=O)C(=O)N(c3ccc(C4=NCCS4)cc3)C2C2CCCCC2)cc1. The smallest absolute Gasteiger partial charge is 0.299 e. The van der Waals surface area contributed by atoms with Crippen LogP contribution in [0.5, 0.6) is 5.75 Å². The van der Waals surface area contributed by atoms with Crippen LogP contribution in [0.15, 0.2) is 59.1 Å². The number of carbonyl (C=O) groups is 2. The van der Waals surface area contributed by atoms with E-state index < -0.39 is 17.7 Å². The first-order chi connectivity index (χ1) is 16.6. The van der Waals surface area contributed by atoms with Crippen molar-refractivity contribution in [3.8, 4) is 5.75 Å². The van der Waals surface area contributed by atoms with Gasteiger partial charge in [-0.3, -0.25) is 19.5 Å². The first kappa shape index (κ1) is 22.7. The lowest BCUT2D eigenvalue weighted by Gasteiger charge is -2.34. The molecule has 176 valence electrons. The zero-order chi connectivity index (χ0) is 23.7. The molecule has 1 atom stereocenters. The van der Waals surface area contributed by atoms with Gasteiger partial charge in [0.25, 0.3) is 11.7 Å². The van der Waals surface area contributed by atoms with Crippen LogP contribution in [-0.2, 0) is 9.59 Å². The van der Waals surface area contributed by atoms with Gasteiger partial charge in [-0.1, -0.05) is 31.4 Å². The largest absolute Gasteiger partial charge is 0.507 e. The van der Waals surface area contributed by atoms with Gasteiger partial charge in [0, 0.05) is 29.1 Å². The minimum absolute atomic E-state index is 0.118. The van der Waals surface area contributed by atoms with Gasteiger partial charge in [0.05, 0.1) is 23.8 Å². The molecule has 0 radical (unpaired) electrons. The number of hydrogen-bond donors (Lipinski definition) is 1. The molecule has 1 aliphatic carbocycles. The zero-order valence-corrected chi connectivity index (χ0v) is 20.0. The molecule has 1 unspecified atom stereocenters. The number of nitrogens with zero attached hydrogens (tertiary/aromatic N) is 2. The number of Topliss-reactive ketones (excluding diaryl/α,β-unsaturated/α-hetero) is 1. The number of ketones is 1. The molecular weight excluding hydrogens is 448 g/mol. The third-order valence-electron chi connectivity index (χ3n) is 6.92. The van der Waals surface area contributed by atoms with Gasteiger partial charge >= 0.3 is 0 Å². The minimum atomic E-state index is -0.622. The summed E-state index contributed by atoms with van der Waals surface area (Å²) in [4.78, 5) is 32.8. The highest BCUT2D eigenvalue weighted by Gasteiger charge is 2.49. The number of rotatable bonds is 5. The molecule has 2 aromatic carbocycles. The van der Waals surface area contributed by atoms with Crippen molar-refractivity contribution < 1.29 is 19.4 Å². The van der Waals surface area contributed by atoms with Crippen LogP contribution in [0.25, 0.3) is 5.76 Å². The molecule has 0 spiro atoms. The molecule has 1 N–H and O–H groups in total. The number of aliphatic hydroxyl groups is 1. The van der Waals surface area contributed by atoms with Crippen LogP contribution >= 0.6 is 11.8 Å². The monoisotopic (exact) mass is 476 g/mol. The number of aliphatic imine (C=N–C) groups is 1. The lowest BCUT2D eigenvalue weighted by molar-refractivity contribution is -0.132. The molecule has 2 aromatic rings. The fourth-order valence-electron chi connectivity index (χ4n) is 5.22. The summed E-state index contributed by atoms with van der Waals surface area (Å²) in [5.41, 5.74) is 2.42. The normalized spacial score (nSPS) is 22.8. The number of carbonyl (C=O) groups excluding carboxylic acids is 2. The molecule has 3 aliphatic rings. The quantitative estimate of drug-likeness (QED) is 0.372. The van der Waals surface area contributed by atoms with Gasteiger partial charge in [-0.15, -0.1) is 11.8 Å². The molecule has 5 rings (SSSR count). The van der Waals surface area contributed by atoms with Crippen LogP contribution < -0.4 is 9.64 Å². The Morgan fingerprint density at radius 2 is 1.74 bits per heavy atom. The summed E-state index contributed by atoms with van der Waals surface area (Å²) < 4.78 is 5.21. The summed E-state index contributed by atoms with van der Waals surface area (Å²) in [6.07, 6.45) is 5.12. The molecule has 0 aromatic heterocycles. The van der Waals surface area contributed by atoms with E-state index in [2.05, 4.69) is 4.99 Å². The second kappa shape index (κ2) is 9.66. The van der Waals surface area contributed by atoms with E-state index in [1.54, 1.807) is 48.0 Å². The zero-order valence-electron chi connectivity index (χ0n) is 19.2. The van der Waals surface area contributed by atoms with E-state index in [0.29, 0.717) is 17.0 Å². The maximum absolute atomic E-state index is 13.3. The number of anilines is 1. The minimum Gasteiger partial charge on any atom is -0.507 e. The van der Waals surface area contributed by atoms with Gasteiger partial charge in [-0.05, 0) is 55.2 Å². The number of thioether (sulfide) groups is 1. The van der Waals surface area contributed by atoms with Gasteiger partial charge in [0.1, 0.15) is 11.5 Å². The number of ether oxygens (including phenoxy) is 1. The standard InChI is InChI=1S/C27H28N2O4S/c1-33-21-13-9-18(10-14-21)24(30)22-23(17-5-3-2-4-6-17)29(27(32)25(22)31)20-11-7-19(8-12-20)26-28-15-16-34-26/h7-14,17,23,30H,2-6,15-16H2,1H3/b24-22-. The summed E-state index contributed by atoms with van der Waals surface area (Å²) in [7, 11) is 1.58. The predicted octanol–water partition coefficient (Wildman–Crippen LogP) is 5.02. The van der Waals surface area contributed by atoms with Crippen molar-refractivity contribution in [3.63, 3.8) is 0 Å². The molecule has 0 bridgehead atoms. The fourth-order valence-corrected chi connectivity index (χ4v) is 6.08. The van der Waals surface area contributed by atoms with Gasteiger partial charge < -0.3 is 9.84 Å². The number of methoxy groups -OCH3 is 1. The Morgan fingerprint density at radius 1 is 1.03 bits per heavy atom. The average Bonchev–Trinajstić information content (AvgIpc) is 3.52. The van der Waals surface area contributed by atoms with E-state index >= 15 is 0 Å². The van der Waals surface area contributed by atoms with Gasteiger partial charge in [0.2, 0.25) is 0 Å². The highest BCUT2D eigenvalue weighted by Crippen LogP contribution is 2.41. The predicted molar refractivity (Wildman–Crippen MR) is 136 cm³/mol. The fraction of sp³-hybridized carbons (Fsp3) is 0.370. The van der Waals surface area contributed by atoms with Crippen molar-refractivity contribution in [2.75, 3.05) is 24.3 Å². The van der Waals surface area contributed by atoms with Gasteiger partial charge in [0.15, 0.2) is 0 Å². The summed E-state index contributed by atoms with van der Waals surface area (Å²) in [6, 6.07) is 14.2. The van der Waals surface area contributed by atoms with Crippen LogP contribution in [0.2, 0.25) is 0 Å². The molecule has 2 fully saturated rings. The van der Waals surface area contributed by atoms with Crippen molar-refractivity contribution in [1.82, 2.24) is 0 Å². The molecule has 2 heterocycles. The molecule has 2 aliphatic heterocycles. The van der Waals surface area contributed by atoms with Crippen molar-refractivity contribution in [3.05, 3.63) is 65.2 Å². The molecule has 6 nitrogen and oxygen atoms in total. The third-order valence-corrected chi connectivity index (χ3v) is 7.95. The highest BCUT2D eigenvalue weighted by molar-refractivity contribution is 8.14. The van der Waals surface area contributed by atoms with E-state index in [0.717, 1.165) is 55.0 Å². The highest BCUT2D eigenvalue weighted by atomic mass is 32.2. The maximum atomic E-state index is 13.3. The van der Waals surface area contributed by atoms with Crippen molar-refractivity contribution in [2.45, 2.75) is 38.1 Å². The molecule has 34 heavy (non-hydrogen) atoms. The Balaban J connectivity index is 1.56. The number of aliphatic hydroxyl groups excluding tert-OH is 1.